The zero-order valence-corrected chi connectivity index (χ0v) is 12.9. The summed E-state index contributed by atoms with van der Waals surface area (Å²) in [5, 5.41) is 7.98. The van der Waals surface area contributed by atoms with E-state index in [0.29, 0.717) is 32.5 Å². The molecule has 1 amide bonds. The van der Waals surface area contributed by atoms with E-state index in [9.17, 15) is 13.2 Å². The molecule has 21 heavy (non-hydrogen) atoms. The molecule has 0 spiro atoms. The normalized spacial score (nSPS) is 17.6. The number of nitrogens with two attached hydrogens (primary N) is 1. The topological polar surface area (TPSA) is 92.5 Å². The molecule has 1 aromatic carbocycles. The molecule has 1 aliphatic heterocycles. The number of nitrogens with zero attached hydrogens (tertiary/aromatic N) is 1. The molecule has 6 nitrogen and oxygen atoms in total. The van der Waals surface area contributed by atoms with Gasteiger partial charge in [0.25, 0.3) is 10.2 Å². The van der Waals surface area contributed by atoms with Gasteiger partial charge in [-0.1, -0.05) is 29.8 Å². The van der Waals surface area contributed by atoms with Crippen LogP contribution in [0.3, 0.4) is 0 Å². The Labute approximate surface area is 125 Å². The van der Waals surface area contributed by atoms with Crippen LogP contribution in [0.15, 0.2) is 24.3 Å². The molecular weight excluding hydrogens is 290 g/mol. The monoisotopic (exact) mass is 311 g/mol. The lowest BCUT2D eigenvalue weighted by Crippen LogP contribution is -2.45. The zero-order chi connectivity index (χ0) is 15.5. The van der Waals surface area contributed by atoms with Crippen molar-refractivity contribution >= 4 is 16.1 Å². The smallest absolute Gasteiger partial charge is 0.276 e. The van der Waals surface area contributed by atoms with Crippen LogP contribution in [0.1, 0.15) is 24.0 Å². The Morgan fingerprint density at radius 1 is 1.29 bits per heavy atom. The first-order valence-corrected chi connectivity index (χ1v) is 8.48. The average molecular weight is 311 g/mol. The van der Waals surface area contributed by atoms with E-state index in [1.807, 2.05) is 31.2 Å². The SMILES string of the molecule is Cc1ccc(CNC(=O)C2CCN(S(N)(=O)=O)CC2)cc1. The van der Waals surface area contributed by atoms with Gasteiger partial charge in [0, 0.05) is 25.6 Å². The molecule has 1 heterocycles. The van der Waals surface area contributed by atoms with Gasteiger partial charge in [-0.05, 0) is 25.3 Å². The van der Waals surface area contributed by atoms with Gasteiger partial charge in [-0.25, -0.2) is 5.14 Å². The number of nitrogens with one attached hydrogen (secondary N) is 1. The van der Waals surface area contributed by atoms with Crippen LogP contribution in [-0.4, -0.2) is 31.7 Å². The van der Waals surface area contributed by atoms with Crippen LogP contribution >= 0.6 is 0 Å². The quantitative estimate of drug-likeness (QED) is 0.849. The predicted molar refractivity (Wildman–Crippen MR) is 80.4 cm³/mol. The summed E-state index contributed by atoms with van der Waals surface area (Å²) in [4.78, 5) is 12.1. The maximum atomic E-state index is 12.1. The molecule has 0 bridgehead atoms. The van der Waals surface area contributed by atoms with Crippen LogP contribution in [0.4, 0.5) is 0 Å². The lowest BCUT2D eigenvalue weighted by atomic mass is 9.97. The van der Waals surface area contributed by atoms with Crippen LogP contribution in [0, 0.1) is 12.8 Å². The molecule has 2 rings (SSSR count). The van der Waals surface area contributed by atoms with E-state index in [2.05, 4.69) is 5.32 Å². The Balaban J connectivity index is 1.81. The summed E-state index contributed by atoms with van der Waals surface area (Å²) in [6, 6.07) is 7.98. The molecule has 0 saturated carbocycles. The van der Waals surface area contributed by atoms with Gasteiger partial charge in [-0.3, -0.25) is 4.79 Å². The molecule has 0 radical (unpaired) electrons. The van der Waals surface area contributed by atoms with Crippen LogP contribution in [-0.2, 0) is 21.5 Å². The highest BCUT2D eigenvalue weighted by Crippen LogP contribution is 2.18. The number of hydrogen-bond acceptors (Lipinski definition) is 3. The van der Waals surface area contributed by atoms with E-state index in [1.54, 1.807) is 0 Å². The largest absolute Gasteiger partial charge is 0.352 e. The number of piperidine rings is 1. The van der Waals surface area contributed by atoms with Crippen LogP contribution in [0.25, 0.3) is 0 Å². The fraction of sp³-hybridized carbons (Fsp3) is 0.500. The molecule has 1 aromatic rings. The van der Waals surface area contributed by atoms with Gasteiger partial charge in [0.05, 0.1) is 0 Å². The van der Waals surface area contributed by atoms with Crippen molar-refractivity contribution in [2.75, 3.05) is 13.1 Å². The molecule has 0 atom stereocenters. The summed E-state index contributed by atoms with van der Waals surface area (Å²) in [6.07, 6.45) is 1.02. The number of aryl methyl sites for hydroxylation is 1. The summed E-state index contributed by atoms with van der Waals surface area (Å²) in [7, 11) is -3.63. The van der Waals surface area contributed by atoms with Crippen molar-refractivity contribution in [3.8, 4) is 0 Å². The minimum Gasteiger partial charge on any atom is -0.352 e. The van der Waals surface area contributed by atoms with Crippen molar-refractivity contribution in [3.63, 3.8) is 0 Å². The van der Waals surface area contributed by atoms with E-state index >= 15 is 0 Å². The van der Waals surface area contributed by atoms with Crippen molar-refractivity contribution < 1.29 is 13.2 Å². The second-order valence-electron chi connectivity index (χ2n) is 5.42. The van der Waals surface area contributed by atoms with Gasteiger partial charge in [0.2, 0.25) is 5.91 Å². The Morgan fingerprint density at radius 3 is 2.38 bits per heavy atom. The molecule has 0 aliphatic carbocycles. The van der Waals surface area contributed by atoms with Gasteiger partial charge in [0.1, 0.15) is 0 Å². The Morgan fingerprint density at radius 2 is 1.86 bits per heavy atom. The minimum absolute atomic E-state index is 0.0235. The summed E-state index contributed by atoms with van der Waals surface area (Å²) in [6.45, 7) is 3.12. The highest BCUT2D eigenvalue weighted by atomic mass is 32.2. The van der Waals surface area contributed by atoms with Crippen molar-refractivity contribution in [2.24, 2.45) is 11.1 Å². The third kappa shape index (κ3) is 4.52. The van der Waals surface area contributed by atoms with E-state index < -0.39 is 10.2 Å². The molecule has 116 valence electrons. The molecule has 7 heteroatoms. The summed E-state index contributed by atoms with van der Waals surface area (Å²) in [5.74, 6) is -0.168. The number of benzene rings is 1. The third-order valence-corrected chi connectivity index (χ3v) is 4.86. The highest BCUT2D eigenvalue weighted by molar-refractivity contribution is 7.86. The standard InChI is InChI=1S/C14H21N3O3S/c1-11-2-4-12(5-3-11)10-16-14(18)13-6-8-17(9-7-13)21(15,19)20/h2-5,13H,6-10H2,1H3,(H,16,18)(H2,15,19,20). The molecular formula is C14H21N3O3S. The molecule has 3 N–H and O–H groups in total. The predicted octanol–water partition coefficient (Wildman–Crippen LogP) is 0.527. The van der Waals surface area contributed by atoms with Crippen molar-refractivity contribution in [2.45, 2.75) is 26.3 Å². The summed E-state index contributed by atoms with van der Waals surface area (Å²) < 4.78 is 23.6. The molecule has 1 saturated heterocycles. The molecule has 0 aromatic heterocycles. The van der Waals surface area contributed by atoms with Crippen molar-refractivity contribution in [1.82, 2.24) is 9.62 Å². The van der Waals surface area contributed by atoms with Crippen LogP contribution < -0.4 is 10.5 Å². The minimum atomic E-state index is -3.63. The zero-order valence-electron chi connectivity index (χ0n) is 12.1. The van der Waals surface area contributed by atoms with E-state index in [1.165, 1.54) is 9.87 Å². The number of carbonyl (C=O) groups is 1. The second-order valence-corrected chi connectivity index (χ2v) is 6.97. The maximum Gasteiger partial charge on any atom is 0.276 e. The fourth-order valence-electron chi connectivity index (χ4n) is 2.41. The number of hydrogen-bond donors (Lipinski definition) is 2. The first-order chi connectivity index (χ1) is 9.86. The van der Waals surface area contributed by atoms with Crippen molar-refractivity contribution in [1.29, 1.82) is 0 Å². The van der Waals surface area contributed by atoms with Crippen molar-refractivity contribution in [3.05, 3.63) is 35.4 Å². The molecule has 1 aliphatic rings. The van der Waals surface area contributed by atoms with Gasteiger partial charge in [-0.15, -0.1) is 0 Å². The van der Waals surface area contributed by atoms with Gasteiger partial charge in [-0.2, -0.15) is 12.7 Å². The Kier molecular flexibility index (Phi) is 4.97. The van der Waals surface area contributed by atoms with Crippen LogP contribution in [0.5, 0.6) is 0 Å². The fourth-order valence-corrected chi connectivity index (χ4v) is 3.13. The Bertz CT molecular complexity index is 590. The number of rotatable bonds is 4. The second kappa shape index (κ2) is 6.55. The maximum absolute atomic E-state index is 12.1. The number of carbonyl (C=O) groups excluding carboxylic acids is 1. The van der Waals surface area contributed by atoms with E-state index in [4.69, 9.17) is 5.14 Å². The van der Waals surface area contributed by atoms with E-state index in [0.717, 1.165) is 5.56 Å². The Hall–Kier alpha value is -1.44. The number of amides is 1. The lowest BCUT2D eigenvalue weighted by Gasteiger charge is -2.29. The first-order valence-electron chi connectivity index (χ1n) is 6.97. The van der Waals surface area contributed by atoms with Gasteiger partial charge >= 0.3 is 0 Å². The van der Waals surface area contributed by atoms with Crippen LogP contribution in [0.2, 0.25) is 0 Å². The molecule has 0 unspecified atom stereocenters. The van der Waals surface area contributed by atoms with Gasteiger partial charge < -0.3 is 5.32 Å². The third-order valence-electron chi connectivity index (χ3n) is 3.77. The van der Waals surface area contributed by atoms with Gasteiger partial charge in [0.15, 0.2) is 0 Å². The average Bonchev–Trinajstić information content (AvgIpc) is 2.45. The van der Waals surface area contributed by atoms with E-state index in [-0.39, 0.29) is 11.8 Å². The first kappa shape index (κ1) is 15.9. The summed E-state index contributed by atoms with van der Waals surface area (Å²) >= 11 is 0. The lowest BCUT2D eigenvalue weighted by molar-refractivity contribution is -0.126. The molecule has 1 fully saturated rings. The highest BCUT2D eigenvalue weighted by Gasteiger charge is 2.28. The summed E-state index contributed by atoms with van der Waals surface area (Å²) in [5.41, 5.74) is 2.23.